The molecule has 0 aliphatic rings. The molecule has 2 heterocycles. The van der Waals surface area contributed by atoms with Crippen LogP contribution in [0.15, 0.2) is 18.3 Å². The van der Waals surface area contributed by atoms with Gasteiger partial charge in [-0.05, 0) is 26.0 Å². The smallest absolute Gasteiger partial charge is 0.317 e. The van der Waals surface area contributed by atoms with Crippen LogP contribution < -0.4 is 5.32 Å². The molecule has 2 N–H and O–H groups in total. The number of hydrogen-bond donors (Lipinski definition) is 2. The Kier molecular flexibility index (Phi) is 4.29. The number of amides is 2. The molecular formula is C13H18N6O. The van der Waals surface area contributed by atoms with E-state index >= 15 is 0 Å². The molecule has 2 aromatic heterocycles. The zero-order chi connectivity index (χ0) is 14.5. The number of nitrogens with zero attached hydrogens (tertiary/aromatic N) is 4. The van der Waals surface area contributed by atoms with Crippen molar-refractivity contribution in [1.29, 1.82) is 0 Å². The first-order valence-electron chi connectivity index (χ1n) is 6.33. The number of H-pyrrole nitrogens is 1. The highest BCUT2D eigenvalue weighted by atomic mass is 16.2. The van der Waals surface area contributed by atoms with E-state index in [-0.39, 0.29) is 6.03 Å². The molecule has 0 saturated heterocycles. The first kappa shape index (κ1) is 14.0. The van der Waals surface area contributed by atoms with Crippen molar-refractivity contribution in [3.8, 4) is 0 Å². The molecular weight excluding hydrogens is 256 g/mol. The van der Waals surface area contributed by atoms with E-state index in [1.165, 1.54) is 0 Å². The number of aromatic amines is 1. The molecule has 0 atom stereocenters. The van der Waals surface area contributed by atoms with Crippen LogP contribution in [0, 0.1) is 13.8 Å². The average Bonchev–Trinajstić information content (AvgIpc) is 2.87. The van der Waals surface area contributed by atoms with Gasteiger partial charge in [0.05, 0.1) is 18.8 Å². The van der Waals surface area contributed by atoms with E-state index < -0.39 is 0 Å². The number of aryl methyl sites for hydroxylation is 2. The molecule has 7 nitrogen and oxygen atoms in total. The first-order chi connectivity index (χ1) is 9.54. The van der Waals surface area contributed by atoms with Crippen molar-refractivity contribution in [3.05, 3.63) is 41.2 Å². The number of hydrogen-bond acceptors (Lipinski definition) is 4. The number of rotatable bonds is 4. The van der Waals surface area contributed by atoms with Gasteiger partial charge < -0.3 is 10.2 Å². The molecule has 2 aromatic rings. The molecule has 0 aromatic carbocycles. The van der Waals surface area contributed by atoms with Gasteiger partial charge in [-0.25, -0.2) is 14.8 Å². The molecule has 0 radical (unpaired) electrons. The number of carbonyl (C=O) groups excluding carboxylic acids is 1. The molecule has 0 fully saturated rings. The summed E-state index contributed by atoms with van der Waals surface area (Å²) in [7, 11) is 1.72. The van der Waals surface area contributed by atoms with Crippen LogP contribution in [-0.4, -0.2) is 38.1 Å². The fourth-order valence-corrected chi connectivity index (χ4v) is 1.87. The Morgan fingerprint density at radius 1 is 1.35 bits per heavy atom. The van der Waals surface area contributed by atoms with Crippen LogP contribution in [0.2, 0.25) is 0 Å². The first-order valence-corrected chi connectivity index (χ1v) is 6.33. The minimum atomic E-state index is -0.178. The molecule has 0 aliphatic carbocycles. The van der Waals surface area contributed by atoms with Gasteiger partial charge in [-0.2, -0.15) is 5.10 Å². The fraction of sp³-hybridized carbons (Fsp3) is 0.385. The van der Waals surface area contributed by atoms with Crippen LogP contribution >= 0.6 is 0 Å². The van der Waals surface area contributed by atoms with E-state index in [0.29, 0.717) is 18.9 Å². The highest BCUT2D eigenvalue weighted by Gasteiger charge is 2.10. The summed E-state index contributed by atoms with van der Waals surface area (Å²) < 4.78 is 0. The van der Waals surface area contributed by atoms with E-state index in [9.17, 15) is 4.79 Å². The van der Waals surface area contributed by atoms with Crippen LogP contribution in [0.5, 0.6) is 0 Å². The summed E-state index contributed by atoms with van der Waals surface area (Å²) in [6, 6.07) is 3.55. The second-order valence-electron chi connectivity index (χ2n) is 4.66. The molecule has 2 rings (SSSR count). The van der Waals surface area contributed by atoms with Crippen LogP contribution in [0.1, 0.15) is 22.9 Å². The van der Waals surface area contributed by atoms with Gasteiger partial charge in [0.25, 0.3) is 0 Å². The third-order valence-corrected chi connectivity index (χ3v) is 2.74. The standard InChI is InChI=1S/C13H18N6O/c1-9-6-10(2)17-12(16-9)7-14-13(20)19(3)8-11-4-5-15-18-11/h4-6H,7-8H2,1-3H3,(H,14,20)(H,15,18). The van der Waals surface area contributed by atoms with Gasteiger partial charge in [0.1, 0.15) is 5.82 Å². The maximum absolute atomic E-state index is 11.9. The molecule has 0 unspecified atom stereocenters. The van der Waals surface area contributed by atoms with E-state index in [2.05, 4.69) is 25.5 Å². The molecule has 0 saturated carbocycles. The van der Waals surface area contributed by atoms with Gasteiger partial charge >= 0.3 is 6.03 Å². The molecule has 7 heteroatoms. The molecule has 0 bridgehead atoms. The maximum Gasteiger partial charge on any atom is 0.317 e. The highest BCUT2D eigenvalue weighted by Crippen LogP contribution is 2.01. The van der Waals surface area contributed by atoms with E-state index in [0.717, 1.165) is 17.1 Å². The minimum Gasteiger partial charge on any atom is -0.331 e. The van der Waals surface area contributed by atoms with Crippen molar-refractivity contribution < 1.29 is 4.79 Å². The van der Waals surface area contributed by atoms with Crippen LogP contribution in [0.4, 0.5) is 4.79 Å². The Morgan fingerprint density at radius 2 is 2.05 bits per heavy atom. The van der Waals surface area contributed by atoms with Crippen LogP contribution in [0.25, 0.3) is 0 Å². The van der Waals surface area contributed by atoms with Crippen molar-refractivity contribution in [1.82, 2.24) is 30.4 Å². The number of urea groups is 1. The van der Waals surface area contributed by atoms with E-state index in [1.807, 2.05) is 26.0 Å². The van der Waals surface area contributed by atoms with Crippen molar-refractivity contribution in [2.45, 2.75) is 26.9 Å². The third-order valence-electron chi connectivity index (χ3n) is 2.74. The van der Waals surface area contributed by atoms with Gasteiger partial charge in [0.15, 0.2) is 0 Å². The quantitative estimate of drug-likeness (QED) is 0.875. The number of carbonyl (C=O) groups is 1. The Hall–Kier alpha value is -2.44. The Labute approximate surface area is 117 Å². The second kappa shape index (κ2) is 6.14. The number of aromatic nitrogens is 4. The van der Waals surface area contributed by atoms with Gasteiger partial charge in [0, 0.05) is 24.6 Å². The van der Waals surface area contributed by atoms with Crippen molar-refractivity contribution in [3.63, 3.8) is 0 Å². The minimum absolute atomic E-state index is 0.178. The van der Waals surface area contributed by atoms with Crippen LogP contribution in [-0.2, 0) is 13.1 Å². The second-order valence-corrected chi connectivity index (χ2v) is 4.66. The van der Waals surface area contributed by atoms with Crippen molar-refractivity contribution >= 4 is 6.03 Å². The summed E-state index contributed by atoms with van der Waals surface area (Å²) >= 11 is 0. The van der Waals surface area contributed by atoms with Gasteiger partial charge in [-0.15, -0.1) is 0 Å². The molecule has 2 amide bonds. The van der Waals surface area contributed by atoms with Gasteiger partial charge in [-0.1, -0.05) is 0 Å². The lowest BCUT2D eigenvalue weighted by molar-refractivity contribution is 0.205. The predicted molar refractivity (Wildman–Crippen MR) is 73.8 cm³/mol. The zero-order valence-electron chi connectivity index (χ0n) is 11.8. The van der Waals surface area contributed by atoms with Crippen LogP contribution in [0.3, 0.4) is 0 Å². The van der Waals surface area contributed by atoms with Crippen molar-refractivity contribution in [2.24, 2.45) is 0 Å². The number of nitrogens with one attached hydrogen (secondary N) is 2. The summed E-state index contributed by atoms with van der Waals surface area (Å²) in [6.07, 6.45) is 1.66. The Balaban J connectivity index is 1.88. The summed E-state index contributed by atoms with van der Waals surface area (Å²) in [5.74, 6) is 0.616. The Morgan fingerprint density at radius 3 is 2.65 bits per heavy atom. The summed E-state index contributed by atoms with van der Waals surface area (Å²) in [5, 5.41) is 9.45. The zero-order valence-corrected chi connectivity index (χ0v) is 11.8. The SMILES string of the molecule is Cc1cc(C)nc(CNC(=O)N(C)Cc2ccn[nH]2)n1. The predicted octanol–water partition coefficient (Wildman–Crippen LogP) is 1.16. The molecule has 20 heavy (non-hydrogen) atoms. The lowest BCUT2D eigenvalue weighted by Gasteiger charge is -2.16. The normalized spacial score (nSPS) is 10.3. The summed E-state index contributed by atoms with van der Waals surface area (Å²) in [5.41, 5.74) is 2.67. The maximum atomic E-state index is 11.9. The third kappa shape index (κ3) is 3.78. The summed E-state index contributed by atoms with van der Waals surface area (Å²) in [4.78, 5) is 22.1. The summed E-state index contributed by atoms with van der Waals surface area (Å²) in [6.45, 7) is 4.60. The lowest BCUT2D eigenvalue weighted by atomic mass is 10.3. The average molecular weight is 274 g/mol. The molecule has 0 spiro atoms. The lowest BCUT2D eigenvalue weighted by Crippen LogP contribution is -2.36. The van der Waals surface area contributed by atoms with E-state index in [1.54, 1.807) is 18.1 Å². The highest BCUT2D eigenvalue weighted by molar-refractivity contribution is 5.73. The Bertz CT molecular complexity index is 560. The fourth-order valence-electron chi connectivity index (χ4n) is 1.87. The largest absolute Gasteiger partial charge is 0.331 e. The topological polar surface area (TPSA) is 86.8 Å². The van der Waals surface area contributed by atoms with Crippen molar-refractivity contribution in [2.75, 3.05) is 7.05 Å². The van der Waals surface area contributed by atoms with E-state index in [4.69, 9.17) is 0 Å². The van der Waals surface area contributed by atoms with Gasteiger partial charge in [0.2, 0.25) is 0 Å². The van der Waals surface area contributed by atoms with Gasteiger partial charge in [-0.3, -0.25) is 5.10 Å². The molecule has 0 aliphatic heterocycles. The molecule has 106 valence electrons. The monoisotopic (exact) mass is 274 g/mol.